The highest BCUT2D eigenvalue weighted by molar-refractivity contribution is 7.98. The van der Waals surface area contributed by atoms with E-state index in [1.165, 1.54) is 11.2 Å². The molecule has 0 saturated carbocycles. The Hall–Kier alpha value is -0.680. The van der Waals surface area contributed by atoms with E-state index in [9.17, 15) is 8.42 Å². The van der Waals surface area contributed by atoms with Crippen LogP contribution in [-0.2, 0) is 9.84 Å². The normalized spacial score (nSPS) is 13.4. The Bertz CT molecular complexity index is 426. The second kappa shape index (κ2) is 5.59. The predicted molar refractivity (Wildman–Crippen MR) is 71.0 cm³/mol. The number of thioether (sulfide) groups is 1. The molecule has 0 aliphatic carbocycles. The maximum absolute atomic E-state index is 11.1. The minimum Gasteiger partial charge on any atom is -0.382 e. The van der Waals surface area contributed by atoms with Crippen molar-refractivity contribution in [2.45, 2.75) is 17.9 Å². The summed E-state index contributed by atoms with van der Waals surface area (Å²) in [5.41, 5.74) is 0.953. The zero-order chi connectivity index (χ0) is 12.2. The SMILES string of the molecule is CSc1ccc(NC(C)CS(C)(=O)=O)cc1. The number of hydrogen-bond acceptors (Lipinski definition) is 4. The van der Waals surface area contributed by atoms with E-state index < -0.39 is 9.84 Å². The highest BCUT2D eigenvalue weighted by Crippen LogP contribution is 2.18. The molecule has 0 saturated heterocycles. The van der Waals surface area contributed by atoms with Gasteiger partial charge in [0.05, 0.1) is 5.75 Å². The zero-order valence-electron chi connectivity index (χ0n) is 9.73. The van der Waals surface area contributed by atoms with Gasteiger partial charge in [-0.25, -0.2) is 8.42 Å². The lowest BCUT2D eigenvalue weighted by molar-refractivity contribution is 0.598. The monoisotopic (exact) mass is 259 g/mol. The van der Waals surface area contributed by atoms with Gasteiger partial charge in [0.15, 0.2) is 0 Å². The number of hydrogen-bond donors (Lipinski definition) is 1. The molecule has 0 aliphatic rings. The van der Waals surface area contributed by atoms with Crippen LogP contribution < -0.4 is 5.32 Å². The summed E-state index contributed by atoms with van der Waals surface area (Å²) in [5, 5.41) is 3.16. The smallest absolute Gasteiger partial charge is 0.149 e. The molecule has 0 heterocycles. The number of rotatable bonds is 5. The van der Waals surface area contributed by atoms with Gasteiger partial charge in [-0.3, -0.25) is 0 Å². The number of anilines is 1. The summed E-state index contributed by atoms with van der Waals surface area (Å²) in [7, 11) is -2.92. The number of sulfone groups is 1. The van der Waals surface area contributed by atoms with E-state index in [2.05, 4.69) is 5.32 Å². The molecule has 0 fully saturated rings. The summed E-state index contributed by atoms with van der Waals surface area (Å²) in [6, 6.07) is 7.88. The molecule has 0 amide bonds. The van der Waals surface area contributed by atoms with Crippen molar-refractivity contribution in [2.75, 3.05) is 23.6 Å². The van der Waals surface area contributed by atoms with Crippen LogP contribution in [0.15, 0.2) is 29.2 Å². The van der Waals surface area contributed by atoms with Crippen molar-refractivity contribution < 1.29 is 8.42 Å². The Kier molecular flexibility index (Phi) is 4.68. The van der Waals surface area contributed by atoms with E-state index in [1.54, 1.807) is 11.8 Å². The van der Waals surface area contributed by atoms with Crippen molar-refractivity contribution in [3.8, 4) is 0 Å². The van der Waals surface area contributed by atoms with E-state index >= 15 is 0 Å². The Morgan fingerprint density at radius 2 is 1.88 bits per heavy atom. The molecule has 0 aliphatic heterocycles. The Morgan fingerprint density at radius 3 is 2.31 bits per heavy atom. The average Bonchev–Trinajstić information content (AvgIpc) is 2.16. The summed E-state index contributed by atoms with van der Waals surface area (Å²) in [4.78, 5) is 1.20. The van der Waals surface area contributed by atoms with Gasteiger partial charge >= 0.3 is 0 Å². The first-order chi connectivity index (χ1) is 7.40. The molecule has 0 radical (unpaired) electrons. The predicted octanol–water partition coefficient (Wildman–Crippen LogP) is 2.25. The van der Waals surface area contributed by atoms with Gasteiger partial charge < -0.3 is 5.32 Å². The second-order valence-corrected chi connectivity index (χ2v) is 6.93. The van der Waals surface area contributed by atoms with Crippen LogP contribution in [0.4, 0.5) is 5.69 Å². The standard InChI is InChI=1S/C11H17NO2S2/c1-9(8-16(3,13)14)12-10-4-6-11(15-2)7-5-10/h4-7,9,12H,8H2,1-3H3. The third kappa shape index (κ3) is 4.90. The van der Waals surface area contributed by atoms with Crippen molar-refractivity contribution in [2.24, 2.45) is 0 Å². The summed E-state index contributed by atoms with van der Waals surface area (Å²) in [6.45, 7) is 1.86. The summed E-state index contributed by atoms with van der Waals surface area (Å²) in [6.07, 6.45) is 3.27. The lowest BCUT2D eigenvalue weighted by atomic mass is 10.3. The molecule has 1 aromatic rings. The fraction of sp³-hybridized carbons (Fsp3) is 0.455. The first-order valence-electron chi connectivity index (χ1n) is 4.99. The van der Waals surface area contributed by atoms with Crippen LogP contribution in [0.25, 0.3) is 0 Å². The second-order valence-electron chi connectivity index (χ2n) is 3.87. The molecule has 1 unspecified atom stereocenters. The average molecular weight is 259 g/mol. The van der Waals surface area contributed by atoms with Gasteiger partial charge in [0.1, 0.15) is 9.84 Å². The highest BCUT2D eigenvalue weighted by atomic mass is 32.2. The molecule has 1 atom stereocenters. The topological polar surface area (TPSA) is 46.2 Å². The zero-order valence-corrected chi connectivity index (χ0v) is 11.4. The first kappa shape index (κ1) is 13.4. The largest absolute Gasteiger partial charge is 0.382 e. The maximum atomic E-state index is 11.1. The molecule has 0 spiro atoms. The fourth-order valence-electron chi connectivity index (χ4n) is 1.47. The van der Waals surface area contributed by atoms with Gasteiger partial charge in [-0.15, -0.1) is 11.8 Å². The molecule has 1 N–H and O–H groups in total. The molecule has 1 aromatic carbocycles. The van der Waals surface area contributed by atoms with Gasteiger partial charge in [-0.1, -0.05) is 0 Å². The highest BCUT2D eigenvalue weighted by Gasteiger charge is 2.09. The molecule has 3 nitrogen and oxygen atoms in total. The molecule has 0 aromatic heterocycles. The summed E-state index contributed by atoms with van der Waals surface area (Å²) < 4.78 is 22.2. The van der Waals surface area contributed by atoms with E-state index in [0.29, 0.717) is 0 Å². The van der Waals surface area contributed by atoms with Gasteiger partial charge in [-0.05, 0) is 37.4 Å². The van der Waals surface area contributed by atoms with Gasteiger partial charge in [0.2, 0.25) is 0 Å². The molecule has 5 heteroatoms. The molecular weight excluding hydrogens is 242 g/mol. The molecule has 16 heavy (non-hydrogen) atoms. The summed E-state index contributed by atoms with van der Waals surface area (Å²) >= 11 is 1.68. The van der Waals surface area contributed by atoms with Crippen LogP contribution >= 0.6 is 11.8 Å². The van der Waals surface area contributed by atoms with Crippen LogP contribution in [0.2, 0.25) is 0 Å². The first-order valence-corrected chi connectivity index (χ1v) is 8.27. The van der Waals surface area contributed by atoms with Crippen LogP contribution in [0, 0.1) is 0 Å². The molecule has 1 rings (SSSR count). The van der Waals surface area contributed by atoms with Gasteiger partial charge in [-0.2, -0.15) is 0 Å². The Labute approximate surface area is 102 Å². The molecule has 0 bridgehead atoms. The van der Waals surface area contributed by atoms with Crippen molar-refractivity contribution in [1.29, 1.82) is 0 Å². The van der Waals surface area contributed by atoms with Gasteiger partial charge in [0, 0.05) is 22.9 Å². The lowest BCUT2D eigenvalue weighted by Crippen LogP contribution is -2.24. The minimum absolute atomic E-state index is 0.0740. The van der Waals surface area contributed by atoms with Crippen molar-refractivity contribution in [3.05, 3.63) is 24.3 Å². The van der Waals surface area contributed by atoms with Crippen LogP contribution in [0.5, 0.6) is 0 Å². The summed E-state index contributed by atoms with van der Waals surface area (Å²) in [5.74, 6) is 0.150. The van der Waals surface area contributed by atoms with Crippen molar-refractivity contribution in [1.82, 2.24) is 0 Å². The minimum atomic E-state index is -2.92. The Balaban J connectivity index is 2.59. The third-order valence-corrected chi connectivity index (χ3v) is 3.90. The maximum Gasteiger partial charge on any atom is 0.149 e. The lowest BCUT2D eigenvalue weighted by Gasteiger charge is -2.14. The van der Waals surface area contributed by atoms with Crippen LogP contribution in [0.1, 0.15) is 6.92 Å². The van der Waals surface area contributed by atoms with Gasteiger partial charge in [0.25, 0.3) is 0 Å². The quantitative estimate of drug-likeness (QED) is 0.824. The van der Waals surface area contributed by atoms with E-state index in [0.717, 1.165) is 5.69 Å². The van der Waals surface area contributed by atoms with Crippen molar-refractivity contribution in [3.63, 3.8) is 0 Å². The number of benzene rings is 1. The van der Waals surface area contributed by atoms with E-state index in [4.69, 9.17) is 0 Å². The van der Waals surface area contributed by atoms with Crippen LogP contribution in [0.3, 0.4) is 0 Å². The van der Waals surface area contributed by atoms with E-state index in [-0.39, 0.29) is 11.8 Å². The molecular formula is C11H17NO2S2. The van der Waals surface area contributed by atoms with Crippen LogP contribution in [-0.4, -0.2) is 32.7 Å². The van der Waals surface area contributed by atoms with E-state index in [1.807, 2.05) is 37.4 Å². The molecule has 90 valence electrons. The third-order valence-electron chi connectivity index (χ3n) is 2.06. The Morgan fingerprint density at radius 1 is 1.31 bits per heavy atom. The number of nitrogens with one attached hydrogen (secondary N) is 1. The fourth-order valence-corrected chi connectivity index (χ4v) is 2.87. The van der Waals surface area contributed by atoms with Crippen molar-refractivity contribution >= 4 is 27.3 Å².